The molecule has 6 aromatic carbocycles. The number of carbonyl (C=O) groups excluding carboxylic acids is 2. The average molecular weight is 1240 g/mol. The fraction of sp³-hybridized carbons (Fsp3) is 0.172. The smallest absolute Gasteiger partial charge is 0.302 e. The highest BCUT2D eigenvalue weighted by Crippen LogP contribution is 2.49. The SMILES string of the molecule is Cc1ccc(N(c2ccc(CCc3ccc(N(c4ccc(C)cc4)c4ccc(-c5cc6c(cc(N=C(C#N)C#N)c7nsnc76)c6nsnc56)s4)cc3)cc2)c2ccc(-c3cnc(N=C4C(=O)C(=O)C5CC(C(F)(F)F)CCC45)c4nsnc34)s2)cc1. The number of thiophene rings is 2. The number of halogens is 3. The fourth-order valence-corrected chi connectivity index (χ4v) is 15.4. The van der Waals surface area contributed by atoms with Gasteiger partial charge in [0.2, 0.25) is 17.3 Å². The Labute approximate surface area is 514 Å². The molecule has 6 heterocycles. The number of alkyl halides is 3. The van der Waals surface area contributed by atoms with Crippen LogP contribution in [0.2, 0.25) is 0 Å². The second kappa shape index (κ2) is 22.5. The molecule has 6 aromatic heterocycles. The molecule has 0 saturated heterocycles. The number of fused-ring (bicyclic) bond motifs is 7. The van der Waals surface area contributed by atoms with E-state index < -0.39 is 41.9 Å². The summed E-state index contributed by atoms with van der Waals surface area (Å²) in [6.45, 7) is 4.13. The van der Waals surface area contributed by atoms with Gasteiger partial charge < -0.3 is 9.80 Å². The second-order valence-corrected chi connectivity index (χ2v) is 25.1. The van der Waals surface area contributed by atoms with Crippen LogP contribution in [-0.2, 0) is 22.4 Å². The molecule has 0 aliphatic heterocycles. The van der Waals surface area contributed by atoms with Gasteiger partial charge in [-0.2, -0.15) is 49.9 Å². The molecule has 12 aromatic rings. The molecule has 2 aliphatic carbocycles. The number of nitrogens with zero attached hydrogens (tertiary/aromatic N) is 13. The van der Waals surface area contributed by atoms with Gasteiger partial charge in [-0.3, -0.25) is 9.59 Å². The molecule has 0 N–H and O–H groups in total. The zero-order valence-electron chi connectivity index (χ0n) is 45.9. The monoisotopic (exact) mass is 1240 g/mol. The standard InChI is InChI=1S/C64H42F3N13O2S5/c1-33-3-14-39(15-4-33)79(52-25-23-50(83-52)47-28-44-45(54-56(47)75-85-73-54)29-49(71-38(30-68)31-69)59-55(44)74-86-77-59)41-18-9-35(10-19-41)7-8-36-11-20-42(21-12-36)80(40-16-5-34(2)6-17-40)53-26-24-51(84-53)48-32-70-63(60-57(48)76-87-78-60)72-58-43-22-13-37(64(65,66)67)27-46(43)61(81)62(58)82/h3-6,9-12,14-21,23-26,28-29,32,37,43,46H,7-8,13,22,27H2,1-2H3. The Morgan fingerprint density at radius 3 is 1.62 bits per heavy atom. The van der Waals surface area contributed by atoms with Gasteiger partial charge in [0.15, 0.2) is 5.82 Å². The largest absolute Gasteiger partial charge is 0.391 e. The van der Waals surface area contributed by atoms with E-state index in [-0.39, 0.29) is 30.1 Å². The molecule has 2 aliphatic rings. The average Bonchev–Trinajstić information content (AvgIpc) is 2.32. The number of Topliss-reactive ketones (excluding diaryl/α,β-unsaturated/α-hetero) is 2. The Balaban J connectivity index is 0.705. The Bertz CT molecular complexity index is 4850. The highest BCUT2D eigenvalue weighted by Gasteiger charge is 2.54. The Hall–Kier alpha value is -9.36. The van der Waals surface area contributed by atoms with Crippen molar-refractivity contribution < 1.29 is 22.8 Å². The number of carbonyl (C=O) groups is 2. The van der Waals surface area contributed by atoms with E-state index in [0.29, 0.717) is 38.8 Å². The van der Waals surface area contributed by atoms with Crippen molar-refractivity contribution >= 4 is 169 Å². The van der Waals surface area contributed by atoms with Crippen molar-refractivity contribution in [2.45, 2.75) is 52.1 Å². The van der Waals surface area contributed by atoms with Crippen molar-refractivity contribution in [2.24, 2.45) is 27.7 Å². The molecular weight excluding hydrogens is 1200 g/mol. The Morgan fingerprint density at radius 1 is 0.586 bits per heavy atom. The normalized spacial score (nSPS) is 16.4. The molecule has 426 valence electrons. The molecule has 23 heteroatoms. The van der Waals surface area contributed by atoms with E-state index in [1.54, 1.807) is 34.9 Å². The van der Waals surface area contributed by atoms with Gasteiger partial charge in [-0.05, 0) is 142 Å². The van der Waals surface area contributed by atoms with Crippen molar-refractivity contribution in [3.63, 3.8) is 0 Å². The fourth-order valence-electron chi connectivity index (χ4n) is 11.6. The van der Waals surface area contributed by atoms with Crippen LogP contribution in [0, 0.1) is 54.3 Å². The summed E-state index contributed by atoms with van der Waals surface area (Å²) in [6.07, 6.45) is -1.74. The highest BCUT2D eigenvalue weighted by molar-refractivity contribution is 7.20. The van der Waals surface area contributed by atoms with Gasteiger partial charge in [-0.15, -0.1) is 22.7 Å². The van der Waals surface area contributed by atoms with Crippen LogP contribution in [-0.4, -0.2) is 60.4 Å². The van der Waals surface area contributed by atoms with E-state index in [1.165, 1.54) is 11.1 Å². The number of nitriles is 2. The number of rotatable bonds is 13. The Morgan fingerprint density at radius 2 is 1.07 bits per heavy atom. The first kappa shape index (κ1) is 55.5. The van der Waals surface area contributed by atoms with Crippen molar-refractivity contribution in [1.29, 1.82) is 10.5 Å². The van der Waals surface area contributed by atoms with Gasteiger partial charge >= 0.3 is 6.18 Å². The summed E-state index contributed by atoms with van der Waals surface area (Å²) in [5, 5.41) is 22.5. The van der Waals surface area contributed by atoms with E-state index in [0.717, 1.165) is 124 Å². The maximum absolute atomic E-state index is 13.6. The molecule has 0 spiro atoms. The summed E-state index contributed by atoms with van der Waals surface area (Å²) in [7, 11) is 0. The predicted octanol–water partition coefficient (Wildman–Crippen LogP) is 17.0. The summed E-state index contributed by atoms with van der Waals surface area (Å²) < 4.78 is 68.6. The number of anilines is 6. The zero-order valence-corrected chi connectivity index (χ0v) is 49.9. The molecule has 15 nitrogen and oxygen atoms in total. The van der Waals surface area contributed by atoms with Crippen LogP contribution in [0.1, 0.15) is 41.5 Å². The summed E-state index contributed by atoms with van der Waals surface area (Å²) in [5.41, 5.74) is 13.6. The lowest BCUT2D eigenvalue weighted by Gasteiger charge is -2.31. The van der Waals surface area contributed by atoms with Crippen LogP contribution in [0.5, 0.6) is 0 Å². The minimum absolute atomic E-state index is 0.0360. The van der Waals surface area contributed by atoms with E-state index in [4.69, 9.17) is 8.75 Å². The van der Waals surface area contributed by atoms with E-state index in [2.05, 4.69) is 177 Å². The predicted molar refractivity (Wildman–Crippen MR) is 340 cm³/mol. The van der Waals surface area contributed by atoms with Crippen molar-refractivity contribution in [3.8, 4) is 33.0 Å². The van der Waals surface area contributed by atoms with Crippen LogP contribution in [0.25, 0.3) is 64.8 Å². The molecular formula is C64H42F3N13O2S5. The molecule has 87 heavy (non-hydrogen) atoms. The van der Waals surface area contributed by atoms with E-state index in [1.807, 2.05) is 18.2 Å². The third kappa shape index (κ3) is 10.3. The summed E-state index contributed by atoms with van der Waals surface area (Å²) in [5.74, 6) is -4.94. The molecule has 14 rings (SSSR count). The van der Waals surface area contributed by atoms with Crippen LogP contribution in [0.3, 0.4) is 0 Å². The van der Waals surface area contributed by atoms with Crippen LogP contribution in [0.4, 0.5) is 57.4 Å². The molecule has 2 fully saturated rings. The van der Waals surface area contributed by atoms with Gasteiger partial charge in [0, 0.05) is 72.4 Å². The maximum Gasteiger partial charge on any atom is 0.391 e. The van der Waals surface area contributed by atoms with Crippen LogP contribution in [0.15, 0.2) is 150 Å². The lowest BCUT2D eigenvalue weighted by molar-refractivity contribution is -0.187. The molecule has 3 atom stereocenters. The van der Waals surface area contributed by atoms with E-state index >= 15 is 0 Å². The first-order valence-electron chi connectivity index (χ1n) is 27.5. The van der Waals surface area contributed by atoms with Gasteiger partial charge in [0.25, 0.3) is 0 Å². The van der Waals surface area contributed by atoms with Crippen LogP contribution >= 0.6 is 57.9 Å². The minimum atomic E-state index is -4.44. The van der Waals surface area contributed by atoms with E-state index in [9.17, 15) is 33.3 Å². The van der Waals surface area contributed by atoms with Gasteiger partial charge in [-0.1, -0.05) is 59.7 Å². The lowest BCUT2D eigenvalue weighted by Crippen LogP contribution is -2.34. The first-order valence-corrected chi connectivity index (χ1v) is 31.3. The van der Waals surface area contributed by atoms with Crippen molar-refractivity contribution in [1.82, 2.24) is 31.2 Å². The van der Waals surface area contributed by atoms with Gasteiger partial charge in [0.1, 0.15) is 55.2 Å². The van der Waals surface area contributed by atoms with Crippen molar-refractivity contribution in [2.75, 3.05) is 9.80 Å². The lowest BCUT2D eigenvalue weighted by atomic mass is 9.75. The van der Waals surface area contributed by atoms with Gasteiger partial charge in [-0.25, -0.2) is 15.0 Å². The summed E-state index contributed by atoms with van der Waals surface area (Å²) in [4.78, 5) is 46.0. The molecule has 0 radical (unpaired) electrons. The third-order valence-electron chi connectivity index (χ3n) is 16.1. The highest BCUT2D eigenvalue weighted by atomic mass is 32.1. The maximum atomic E-state index is 13.6. The molecule has 0 amide bonds. The van der Waals surface area contributed by atoms with Gasteiger partial charge in [0.05, 0.1) is 52.5 Å². The third-order valence-corrected chi connectivity index (χ3v) is 19.9. The number of pyridine rings is 1. The summed E-state index contributed by atoms with van der Waals surface area (Å²) in [6, 6.07) is 50.0. The quantitative estimate of drug-likeness (QED) is 0.0780. The number of hydrogen-bond donors (Lipinski definition) is 0. The number of benzene rings is 6. The molecule has 2 saturated carbocycles. The zero-order chi connectivity index (χ0) is 59.7. The molecule has 3 unspecified atom stereocenters. The Kier molecular flexibility index (Phi) is 14.3. The molecule has 0 bridgehead atoms. The number of hydrogen-bond acceptors (Lipinski definition) is 20. The van der Waals surface area contributed by atoms with Crippen molar-refractivity contribution in [3.05, 3.63) is 162 Å². The number of ketones is 2. The summed E-state index contributed by atoms with van der Waals surface area (Å²) >= 11 is 6.31. The number of aromatic nitrogens is 7. The topological polar surface area (TPSA) is 203 Å². The van der Waals surface area contributed by atoms with Crippen LogP contribution < -0.4 is 9.80 Å². The number of aliphatic imine (C=N–C) groups is 2. The second-order valence-electron chi connectivity index (χ2n) is 21.4. The minimum Gasteiger partial charge on any atom is -0.302 e. The number of aryl methyl sites for hydroxylation is 4. The first-order chi connectivity index (χ1) is 42.3.